The minimum atomic E-state index is -0.439. The second-order valence-corrected chi connectivity index (χ2v) is 5.60. The molecule has 0 aromatic heterocycles. The molecule has 0 unspecified atom stereocenters. The first-order chi connectivity index (χ1) is 9.46. The van der Waals surface area contributed by atoms with Gasteiger partial charge < -0.3 is 10.2 Å². The van der Waals surface area contributed by atoms with Crippen LogP contribution in [0, 0.1) is 21.4 Å². The van der Waals surface area contributed by atoms with Crippen molar-refractivity contribution in [3.8, 4) is 6.07 Å². The predicted octanol–water partition coefficient (Wildman–Crippen LogP) is 2.36. The summed E-state index contributed by atoms with van der Waals surface area (Å²) in [5.74, 6) is 0. The van der Waals surface area contributed by atoms with Crippen molar-refractivity contribution in [2.45, 2.75) is 24.8 Å². The molecular weight excluding hydrogens is 256 g/mol. The fourth-order valence-corrected chi connectivity index (χ4v) is 2.68. The number of hydrogen-bond donors (Lipinski definition) is 1. The van der Waals surface area contributed by atoms with Gasteiger partial charge in [-0.3, -0.25) is 10.1 Å². The zero-order chi connectivity index (χ0) is 14.8. The first-order valence-electron chi connectivity index (χ1n) is 6.57. The van der Waals surface area contributed by atoms with Crippen molar-refractivity contribution in [1.29, 1.82) is 5.26 Å². The molecule has 1 aromatic rings. The Kier molecular flexibility index (Phi) is 3.91. The molecule has 6 nitrogen and oxygen atoms in total. The maximum atomic E-state index is 11.2. The lowest BCUT2D eigenvalue weighted by Crippen LogP contribution is -2.52. The minimum absolute atomic E-state index is 0.0333. The average molecular weight is 274 g/mol. The number of nitro groups is 1. The molecule has 0 radical (unpaired) electrons. The van der Waals surface area contributed by atoms with Gasteiger partial charge in [-0.15, -0.1) is 0 Å². The van der Waals surface area contributed by atoms with Crippen LogP contribution in [-0.2, 0) is 0 Å². The molecule has 1 aliphatic carbocycles. The molecule has 0 bridgehead atoms. The van der Waals surface area contributed by atoms with E-state index in [2.05, 4.69) is 10.2 Å². The quantitative estimate of drug-likeness (QED) is 0.658. The number of benzene rings is 1. The fraction of sp³-hybridized carbons (Fsp3) is 0.500. The van der Waals surface area contributed by atoms with Crippen LogP contribution in [0.3, 0.4) is 0 Å². The Morgan fingerprint density at radius 2 is 2.20 bits per heavy atom. The second kappa shape index (κ2) is 5.47. The Labute approximate surface area is 118 Å². The number of nitrogens with one attached hydrogen (secondary N) is 1. The van der Waals surface area contributed by atoms with E-state index in [0.717, 1.165) is 25.8 Å². The normalized spacial score (nSPS) is 16.3. The summed E-state index contributed by atoms with van der Waals surface area (Å²) in [6.45, 7) is 0.837. The van der Waals surface area contributed by atoms with Crippen LogP contribution in [-0.4, -0.2) is 36.0 Å². The highest BCUT2D eigenvalue weighted by atomic mass is 16.6. The Morgan fingerprint density at radius 1 is 1.50 bits per heavy atom. The van der Waals surface area contributed by atoms with Crippen molar-refractivity contribution in [2.75, 3.05) is 26.0 Å². The van der Waals surface area contributed by atoms with E-state index < -0.39 is 4.92 Å². The molecule has 0 amide bonds. The van der Waals surface area contributed by atoms with E-state index in [0.29, 0.717) is 11.3 Å². The average Bonchev–Trinajstić information content (AvgIpc) is 2.35. The lowest BCUT2D eigenvalue weighted by molar-refractivity contribution is -0.384. The number of nitro benzene ring substituents is 1. The van der Waals surface area contributed by atoms with Crippen LogP contribution in [0.2, 0.25) is 0 Å². The van der Waals surface area contributed by atoms with E-state index in [-0.39, 0.29) is 11.2 Å². The molecule has 1 saturated carbocycles. The first-order valence-corrected chi connectivity index (χ1v) is 6.57. The molecular formula is C14H18N4O2. The number of anilines is 1. The molecule has 1 N–H and O–H groups in total. The van der Waals surface area contributed by atoms with Crippen molar-refractivity contribution >= 4 is 11.4 Å². The van der Waals surface area contributed by atoms with E-state index in [1.165, 1.54) is 6.07 Å². The number of nitrogens with zero attached hydrogens (tertiary/aromatic N) is 3. The number of likely N-dealkylation sites (N-methyl/N-ethyl adjacent to an activating group) is 1. The molecule has 106 valence electrons. The molecule has 20 heavy (non-hydrogen) atoms. The van der Waals surface area contributed by atoms with Gasteiger partial charge in [0.05, 0.1) is 22.1 Å². The minimum Gasteiger partial charge on any atom is -0.373 e. The van der Waals surface area contributed by atoms with Gasteiger partial charge in [-0.2, -0.15) is 5.26 Å². The molecule has 1 fully saturated rings. The lowest BCUT2D eigenvalue weighted by atomic mass is 9.76. The van der Waals surface area contributed by atoms with Crippen LogP contribution in [0.5, 0.6) is 0 Å². The lowest BCUT2D eigenvalue weighted by Gasteiger charge is -2.45. The summed E-state index contributed by atoms with van der Waals surface area (Å²) in [6.07, 6.45) is 3.13. The third kappa shape index (κ3) is 2.89. The third-order valence-electron chi connectivity index (χ3n) is 3.65. The highest BCUT2D eigenvalue weighted by Crippen LogP contribution is 2.38. The topological polar surface area (TPSA) is 82.2 Å². The SMILES string of the molecule is CN(C)CC1(Nc2ccc(C#N)cc2[N+](=O)[O-])CCC1. The number of nitriles is 1. The van der Waals surface area contributed by atoms with Gasteiger partial charge in [0.25, 0.3) is 5.69 Å². The number of rotatable bonds is 5. The molecule has 2 rings (SSSR count). The van der Waals surface area contributed by atoms with Crippen molar-refractivity contribution in [3.63, 3.8) is 0 Å². The van der Waals surface area contributed by atoms with Crippen LogP contribution >= 0.6 is 0 Å². The summed E-state index contributed by atoms with van der Waals surface area (Å²) < 4.78 is 0. The maximum absolute atomic E-state index is 11.2. The van der Waals surface area contributed by atoms with Crippen molar-refractivity contribution in [1.82, 2.24) is 4.90 Å². The third-order valence-corrected chi connectivity index (χ3v) is 3.65. The molecule has 0 spiro atoms. The van der Waals surface area contributed by atoms with Crippen molar-refractivity contribution < 1.29 is 4.92 Å². The zero-order valence-corrected chi connectivity index (χ0v) is 11.7. The molecule has 0 heterocycles. The van der Waals surface area contributed by atoms with Gasteiger partial charge in [0.1, 0.15) is 5.69 Å². The van der Waals surface area contributed by atoms with Gasteiger partial charge in [0.15, 0.2) is 0 Å². The summed E-state index contributed by atoms with van der Waals surface area (Å²) in [5, 5.41) is 23.3. The summed E-state index contributed by atoms with van der Waals surface area (Å²) in [7, 11) is 3.99. The van der Waals surface area contributed by atoms with Gasteiger partial charge in [-0.25, -0.2) is 0 Å². The molecule has 6 heteroatoms. The smallest absolute Gasteiger partial charge is 0.293 e. The van der Waals surface area contributed by atoms with Gasteiger partial charge in [-0.05, 0) is 45.5 Å². The van der Waals surface area contributed by atoms with Crippen LogP contribution in [0.25, 0.3) is 0 Å². The van der Waals surface area contributed by atoms with Crippen LogP contribution in [0.4, 0.5) is 11.4 Å². The maximum Gasteiger partial charge on any atom is 0.293 e. The monoisotopic (exact) mass is 274 g/mol. The standard InChI is InChI=1S/C14H18N4O2/c1-17(2)10-14(6-3-7-14)16-12-5-4-11(9-15)8-13(12)18(19)20/h4-5,8,16H,3,6-7,10H2,1-2H3. The van der Waals surface area contributed by atoms with Crippen molar-refractivity contribution in [2.24, 2.45) is 0 Å². The molecule has 1 aromatic carbocycles. The van der Waals surface area contributed by atoms with E-state index in [1.54, 1.807) is 12.1 Å². The fourth-order valence-electron chi connectivity index (χ4n) is 2.68. The summed E-state index contributed by atoms with van der Waals surface area (Å²) in [5.41, 5.74) is 0.671. The van der Waals surface area contributed by atoms with Gasteiger partial charge in [0, 0.05) is 12.6 Å². The van der Waals surface area contributed by atoms with Crippen LogP contribution in [0.15, 0.2) is 18.2 Å². The zero-order valence-electron chi connectivity index (χ0n) is 11.7. The second-order valence-electron chi connectivity index (χ2n) is 5.60. The summed E-state index contributed by atoms with van der Waals surface area (Å²) in [6, 6.07) is 6.50. The van der Waals surface area contributed by atoms with E-state index >= 15 is 0 Å². The molecule has 0 saturated heterocycles. The highest BCUT2D eigenvalue weighted by Gasteiger charge is 2.38. The predicted molar refractivity (Wildman–Crippen MR) is 76.6 cm³/mol. The summed E-state index contributed by atoms with van der Waals surface area (Å²) >= 11 is 0. The largest absolute Gasteiger partial charge is 0.373 e. The van der Waals surface area contributed by atoms with E-state index in [4.69, 9.17) is 5.26 Å². The highest BCUT2D eigenvalue weighted by molar-refractivity contribution is 5.65. The van der Waals surface area contributed by atoms with Gasteiger partial charge in [-0.1, -0.05) is 0 Å². The van der Waals surface area contributed by atoms with Crippen LogP contribution in [0.1, 0.15) is 24.8 Å². The Morgan fingerprint density at radius 3 is 2.65 bits per heavy atom. The Hall–Kier alpha value is -2.13. The Balaban J connectivity index is 2.28. The molecule has 0 atom stereocenters. The molecule has 1 aliphatic rings. The first kappa shape index (κ1) is 14.3. The van der Waals surface area contributed by atoms with Gasteiger partial charge in [0.2, 0.25) is 0 Å². The molecule has 0 aliphatic heterocycles. The Bertz CT molecular complexity index is 559. The van der Waals surface area contributed by atoms with E-state index in [1.807, 2.05) is 20.2 Å². The van der Waals surface area contributed by atoms with Gasteiger partial charge >= 0.3 is 0 Å². The summed E-state index contributed by atoms with van der Waals surface area (Å²) in [4.78, 5) is 12.8. The number of hydrogen-bond acceptors (Lipinski definition) is 5. The van der Waals surface area contributed by atoms with E-state index in [9.17, 15) is 10.1 Å². The van der Waals surface area contributed by atoms with Crippen molar-refractivity contribution in [3.05, 3.63) is 33.9 Å². The van der Waals surface area contributed by atoms with Crippen LogP contribution < -0.4 is 5.32 Å².